The van der Waals surface area contributed by atoms with Crippen molar-refractivity contribution in [2.24, 2.45) is 0 Å². The number of nitrogens with zero attached hydrogens (tertiary/aromatic N) is 3. The highest BCUT2D eigenvalue weighted by Crippen LogP contribution is 2.11. The van der Waals surface area contributed by atoms with E-state index in [2.05, 4.69) is 14.9 Å². The Bertz CT molecular complexity index is 932. The maximum absolute atomic E-state index is 13.1. The Morgan fingerprint density at radius 1 is 0.964 bits per heavy atom. The van der Waals surface area contributed by atoms with Gasteiger partial charge in [0.05, 0.1) is 0 Å². The van der Waals surface area contributed by atoms with E-state index >= 15 is 0 Å². The van der Waals surface area contributed by atoms with Crippen LogP contribution in [0.25, 0.3) is 0 Å². The smallest absolute Gasteiger partial charge is 0.276 e. The van der Waals surface area contributed by atoms with Crippen LogP contribution in [0.15, 0.2) is 53.9 Å². The highest BCUT2D eigenvalue weighted by atomic mass is 32.1. The first-order valence-electron chi connectivity index (χ1n) is 8.33. The van der Waals surface area contributed by atoms with Crippen molar-refractivity contribution in [2.45, 2.75) is 13.1 Å². The van der Waals surface area contributed by atoms with Crippen molar-refractivity contribution >= 4 is 23.3 Å². The summed E-state index contributed by atoms with van der Waals surface area (Å²) in [6, 6.07) is 11.4. The van der Waals surface area contributed by atoms with Crippen molar-refractivity contribution in [3.8, 4) is 0 Å². The van der Waals surface area contributed by atoms with Crippen LogP contribution in [0, 0.1) is 11.6 Å². The number of hydrogen-bond acceptors (Lipinski definition) is 5. The Morgan fingerprint density at radius 3 is 2.14 bits per heavy atom. The zero-order chi connectivity index (χ0) is 19.9. The van der Waals surface area contributed by atoms with E-state index in [-0.39, 0.29) is 42.9 Å². The molecule has 0 aliphatic rings. The molecule has 0 saturated carbocycles. The average Bonchev–Trinajstić information content (AvgIpc) is 3.23. The fourth-order valence-electron chi connectivity index (χ4n) is 2.46. The number of hydrogen-bond donors (Lipinski definition) is 1. The van der Waals surface area contributed by atoms with Gasteiger partial charge < -0.3 is 10.2 Å². The molecule has 0 spiro atoms. The molecular weight excluding hydrogens is 386 g/mol. The van der Waals surface area contributed by atoms with E-state index < -0.39 is 5.91 Å². The molecule has 0 fully saturated rings. The SMILES string of the molecule is O=C(CN(Cc1ccc(F)cc1)C(=O)c1csnn1)NCc1ccc(F)cc1. The Balaban J connectivity index is 1.67. The third kappa shape index (κ3) is 5.40. The van der Waals surface area contributed by atoms with E-state index in [1.54, 1.807) is 24.3 Å². The number of aromatic nitrogens is 2. The normalized spacial score (nSPS) is 10.5. The molecule has 2 amide bonds. The van der Waals surface area contributed by atoms with Gasteiger partial charge in [-0.25, -0.2) is 8.78 Å². The van der Waals surface area contributed by atoms with Crippen LogP contribution >= 0.6 is 11.5 Å². The van der Waals surface area contributed by atoms with Crippen LogP contribution < -0.4 is 5.32 Å². The van der Waals surface area contributed by atoms with Gasteiger partial charge in [-0.3, -0.25) is 9.59 Å². The Labute approximate surface area is 164 Å². The first kappa shape index (κ1) is 19.6. The summed E-state index contributed by atoms with van der Waals surface area (Å²) < 4.78 is 29.7. The number of rotatable bonds is 7. The van der Waals surface area contributed by atoms with Gasteiger partial charge >= 0.3 is 0 Å². The number of benzene rings is 2. The van der Waals surface area contributed by atoms with E-state index in [1.165, 1.54) is 34.5 Å². The van der Waals surface area contributed by atoms with Gasteiger partial charge in [0.1, 0.15) is 18.2 Å². The maximum Gasteiger partial charge on any atom is 0.276 e. The molecule has 0 aliphatic heterocycles. The summed E-state index contributed by atoms with van der Waals surface area (Å²) in [5.41, 5.74) is 1.54. The van der Waals surface area contributed by atoms with Gasteiger partial charge in [-0.2, -0.15) is 0 Å². The van der Waals surface area contributed by atoms with Crippen LogP contribution in [-0.4, -0.2) is 32.8 Å². The second kappa shape index (κ2) is 9.14. The predicted octanol–water partition coefficient (Wildman–Crippen LogP) is 2.78. The van der Waals surface area contributed by atoms with Crippen LogP contribution in [0.3, 0.4) is 0 Å². The van der Waals surface area contributed by atoms with Gasteiger partial charge in [-0.15, -0.1) is 5.10 Å². The van der Waals surface area contributed by atoms with Gasteiger partial charge in [-0.1, -0.05) is 28.8 Å². The van der Waals surface area contributed by atoms with Gasteiger partial charge in [0.15, 0.2) is 5.69 Å². The van der Waals surface area contributed by atoms with Crippen LogP contribution in [-0.2, 0) is 17.9 Å². The average molecular weight is 402 g/mol. The third-order valence-electron chi connectivity index (χ3n) is 3.89. The molecule has 0 saturated heterocycles. The van der Waals surface area contributed by atoms with E-state index in [4.69, 9.17) is 0 Å². The molecule has 6 nitrogen and oxygen atoms in total. The fourth-order valence-corrected chi connectivity index (χ4v) is 2.89. The summed E-state index contributed by atoms with van der Waals surface area (Å²) >= 11 is 1.03. The lowest BCUT2D eigenvalue weighted by molar-refractivity contribution is -0.122. The lowest BCUT2D eigenvalue weighted by atomic mass is 10.2. The number of carbonyl (C=O) groups is 2. The highest BCUT2D eigenvalue weighted by molar-refractivity contribution is 7.03. The minimum absolute atomic E-state index is 0.112. The molecule has 144 valence electrons. The first-order valence-corrected chi connectivity index (χ1v) is 9.17. The predicted molar refractivity (Wildman–Crippen MR) is 99.3 cm³/mol. The van der Waals surface area contributed by atoms with Crippen LogP contribution in [0.4, 0.5) is 8.78 Å². The lowest BCUT2D eigenvalue weighted by Gasteiger charge is -2.21. The molecule has 28 heavy (non-hydrogen) atoms. The van der Waals surface area contributed by atoms with E-state index in [0.29, 0.717) is 5.56 Å². The van der Waals surface area contributed by atoms with Crippen LogP contribution in [0.1, 0.15) is 21.6 Å². The molecule has 9 heteroatoms. The summed E-state index contributed by atoms with van der Waals surface area (Å²) in [4.78, 5) is 26.3. The quantitative estimate of drug-likeness (QED) is 0.660. The molecule has 0 atom stereocenters. The van der Waals surface area contributed by atoms with Crippen molar-refractivity contribution < 1.29 is 18.4 Å². The highest BCUT2D eigenvalue weighted by Gasteiger charge is 2.21. The standard InChI is InChI=1S/C19H16F2N4O2S/c20-15-5-1-13(2-6-15)9-22-18(26)11-25(19(27)17-12-28-24-23-17)10-14-3-7-16(21)8-4-14/h1-8,12H,9-11H2,(H,22,26). The van der Waals surface area contributed by atoms with Crippen molar-refractivity contribution in [3.05, 3.63) is 82.4 Å². The zero-order valence-electron chi connectivity index (χ0n) is 14.6. The van der Waals surface area contributed by atoms with Crippen LogP contribution in [0.2, 0.25) is 0 Å². The van der Waals surface area contributed by atoms with E-state index in [1.807, 2.05) is 0 Å². The number of carbonyl (C=O) groups excluding carboxylic acids is 2. The number of amides is 2. The Kier molecular flexibility index (Phi) is 6.38. The van der Waals surface area contributed by atoms with Gasteiger partial charge in [0.25, 0.3) is 5.91 Å². The molecule has 1 heterocycles. The second-order valence-electron chi connectivity index (χ2n) is 5.98. The molecule has 0 unspecified atom stereocenters. The molecule has 1 aromatic heterocycles. The van der Waals surface area contributed by atoms with E-state index in [0.717, 1.165) is 17.1 Å². The third-order valence-corrected chi connectivity index (χ3v) is 4.40. The molecule has 0 aliphatic carbocycles. The maximum atomic E-state index is 13.1. The monoisotopic (exact) mass is 402 g/mol. The second-order valence-corrected chi connectivity index (χ2v) is 6.59. The minimum Gasteiger partial charge on any atom is -0.350 e. The Morgan fingerprint density at radius 2 is 1.57 bits per heavy atom. The molecule has 3 rings (SSSR count). The molecule has 0 bridgehead atoms. The zero-order valence-corrected chi connectivity index (χ0v) is 15.5. The molecule has 3 aromatic rings. The molecule has 0 radical (unpaired) electrons. The van der Waals surface area contributed by atoms with Crippen LogP contribution in [0.5, 0.6) is 0 Å². The minimum atomic E-state index is -0.449. The largest absolute Gasteiger partial charge is 0.350 e. The van der Waals surface area contributed by atoms with Gasteiger partial charge in [0.2, 0.25) is 5.91 Å². The van der Waals surface area contributed by atoms with E-state index in [9.17, 15) is 18.4 Å². The summed E-state index contributed by atoms with van der Waals surface area (Å²) in [5, 5.41) is 7.94. The lowest BCUT2D eigenvalue weighted by Crippen LogP contribution is -2.40. The van der Waals surface area contributed by atoms with Crippen molar-refractivity contribution in [1.82, 2.24) is 19.8 Å². The van der Waals surface area contributed by atoms with Crippen molar-refractivity contribution in [2.75, 3.05) is 6.54 Å². The summed E-state index contributed by atoms with van der Waals surface area (Å²) in [5.74, 6) is -1.58. The number of halogens is 2. The first-order chi connectivity index (χ1) is 13.5. The number of nitrogens with one attached hydrogen (secondary N) is 1. The topological polar surface area (TPSA) is 75.2 Å². The van der Waals surface area contributed by atoms with Gasteiger partial charge in [-0.05, 0) is 46.9 Å². The molecule has 1 N–H and O–H groups in total. The fraction of sp³-hybridized carbons (Fsp3) is 0.158. The summed E-state index contributed by atoms with van der Waals surface area (Å²) in [7, 11) is 0. The molecular formula is C19H16F2N4O2S. The van der Waals surface area contributed by atoms with Gasteiger partial charge in [0, 0.05) is 18.5 Å². The Hall–Kier alpha value is -3.20. The van der Waals surface area contributed by atoms with Crippen molar-refractivity contribution in [3.63, 3.8) is 0 Å². The van der Waals surface area contributed by atoms with Crippen molar-refractivity contribution in [1.29, 1.82) is 0 Å². The summed E-state index contributed by atoms with van der Waals surface area (Å²) in [6.07, 6.45) is 0. The summed E-state index contributed by atoms with van der Waals surface area (Å²) in [6.45, 7) is 0.103. The molecule has 2 aromatic carbocycles.